The highest BCUT2D eigenvalue weighted by atomic mass is 19.1. The maximum Gasteiger partial charge on any atom is 0.224 e. The molecule has 1 unspecified atom stereocenters. The monoisotopic (exact) mass is 420 g/mol. The van der Waals surface area contributed by atoms with Gasteiger partial charge in [-0.3, -0.25) is 4.79 Å². The lowest BCUT2D eigenvalue weighted by Crippen LogP contribution is -2.53. The van der Waals surface area contributed by atoms with Gasteiger partial charge in [-0.15, -0.1) is 0 Å². The first-order valence-corrected chi connectivity index (χ1v) is 10.1. The smallest absolute Gasteiger partial charge is 0.224 e. The van der Waals surface area contributed by atoms with E-state index in [0.29, 0.717) is 49.3 Å². The molecule has 0 aromatic carbocycles. The maximum atomic E-state index is 14.4. The molecule has 1 atom stereocenters. The Morgan fingerprint density at radius 1 is 1.10 bits per heavy atom. The van der Waals surface area contributed by atoms with Crippen molar-refractivity contribution in [2.45, 2.75) is 19.4 Å². The van der Waals surface area contributed by atoms with Gasteiger partial charge in [0.25, 0.3) is 0 Å². The largest absolute Gasteiger partial charge is 0.369 e. The van der Waals surface area contributed by atoms with Crippen molar-refractivity contribution in [3.63, 3.8) is 0 Å². The van der Waals surface area contributed by atoms with Crippen LogP contribution in [0.4, 0.5) is 16.0 Å². The minimum atomic E-state index is -0.367. The van der Waals surface area contributed by atoms with Crippen molar-refractivity contribution in [1.82, 2.24) is 24.9 Å². The van der Waals surface area contributed by atoms with Gasteiger partial charge in [0.15, 0.2) is 11.6 Å². The molecule has 2 N–H and O–H groups in total. The van der Waals surface area contributed by atoms with Gasteiger partial charge in [-0.2, -0.15) is 0 Å². The predicted octanol–water partition coefficient (Wildman–Crippen LogP) is 1.51. The van der Waals surface area contributed by atoms with E-state index in [1.807, 2.05) is 16.7 Å². The van der Waals surface area contributed by atoms with E-state index in [-0.39, 0.29) is 23.7 Å². The molecule has 1 fully saturated rings. The third kappa shape index (κ3) is 3.54. The standard InChI is InChI=1S/C21H21FN8O/c1-12-15-9-26-21(20-24-4-2-5-25-20)27-16(15)3-6-30(12)18-8-14(22)7-17(28-18)29-10-13(11-29)19(23)31/h2,4-5,7-9,12-13H,3,6,10-11H2,1H3,(H2,23,31). The number of halogens is 1. The summed E-state index contributed by atoms with van der Waals surface area (Å²) in [5.41, 5.74) is 7.24. The quantitative estimate of drug-likeness (QED) is 0.676. The summed E-state index contributed by atoms with van der Waals surface area (Å²) in [6, 6.07) is 4.49. The number of aromatic nitrogens is 5. The van der Waals surface area contributed by atoms with Crippen molar-refractivity contribution < 1.29 is 9.18 Å². The highest BCUT2D eigenvalue weighted by Crippen LogP contribution is 2.34. The molecule has 5 rings (SSSR count). The summed E-state index contributed by atoms with van der Waals surface area (Å²) in [6.07, 6.45) is 5.78. The van der Waals surface area contributed by atoms with Crippen molar-refractivity contribution in [1.29, 1.82) is 0 Å². The number of fused-ring (bicyclic) bond motifs is 1. The van der Waals surface area contributed by atoms with Gasteiger partial charge in [0.2, 0.25) is 5.91 Å². The molecule has 0 bridgehead atoms. The average molecular weight is 420 g/mol. The highest BCUT2D eigenvalue weighted by Gasteiger charge is 2.33. The van der Waals surface area contributed by atoms with E-state index in [2.05, 4.69) is 24.9 Å². The Hall–Kier alpha value is -3.69. The second-order valence-electron chi connectivity index (χ2n) is 7.79. The van der Waals surface area contributed by atoms with Gasteiger partial charge in [0.05, 0.1) is 17.7 Å². The molecule has 158 valence electrons. The number of nitrogens with two attached hydrogens (primary N) is 1. The zero-order valence-corrected chi connectivity index (χ0v) is 16.9. The fourth-order valence-corrected chi connectivity index (χ4v) is 4.02. The summed E-state index contributed by atoms with van der Waals surface area (Å²) in [7, 11) is 0. The molecule has 3 aromatic heterocycles. The van der Waals surface area contributed by atoms with Crippen LogP contribution in [0.25, 0.3) is 11.6 Å². The number of carbonyl (C=O) groups excluding carboxylic acids is 1. The fraction of sp³-hybridized carbons (Fsp3) is 0.333. The molecule has 10 heteroatoms. The van der Waals surface area contributed by atoms with Crippen LogP contribution in [0.15, 0.2) is 36.8 Å². The van der Waals surface area contributed by atoms with Crippen LogP contribution in [-0.4, -0.2) is 50.5 Å². The molecular formula is C21H21FN8O. The van der Waals surface area contributed by atoms with Crippen molar-refractivity contribution in [3.05, 3.63) is 53.9 Å². The Morgan fingerprint density at radius 3 is 2.58 bits per heavy atom. The van der Waals surface area contributed by atoms with E-state index in [4.69, 9.17) is 5.73 Å². The molecule has 1 saturated heterocycles. The van der Waals surface area contributed by atoms with Crippen LogP contribution in [-0.2, 0) is 11.2 Å². The molecule has 1 amide bonds. The molecule has 3 aromatic rings. The van der Waals surface area contributed by atoms with Gasteiger partial charge >= 0.3 is 0 Å². The van der Waals surface area contributed by atoms with Gasteiger partial charge in [-0.1, -0.05) is 0 Å². The normalized spacial score (nSPS) is 18.5. The van der Waals surface area contributed by atoms with Crippen LogP contribution < -0.4 is 15.5 Å². The van der Waals surface area contributed by atoms with Crippen LogP contribution >= 0.6 is 0 Å². The molecule has 9 nitrogen and oxygen atoms in total. The van der Waals surface area contributed by atoms with Crippen molar-refractivity contribution >= 4 is 17.5 Å². The highest BCUT2D eigenvalue weighted by molar-refractivity contribution is 5.80. The third-order valence-electron chi connectivity index (χ3n) is 5.84. The van der Waals surface area contributed by atoms with E-state index in [0.717, 1.165) is 11.3 Å². The van der Waals surface area contributed by atoms with E-state index < -0.39 is 0 Å². The van der Waals surface area contributed by atoms with Gasteiger partial charge in [0, 0.05) is 62.3 Å². The first-order valence-electron chi connectivity index (χ1n) is 10.1. The number of carbonyl (C=O) groups is 1. The van der Waals surface area contributed by atoms with E-state index in [1.165, 1.54) is 12.1 Å². The van der Waals surface area contributed by atoms with E-state index in [1.54, 1.807) is 24.7 Å². The molecule has 2 aliphatic heterocycles. The first-order chi connectivity index (χ1) is 15.0. The summed E-state index contributed by atoms with van der Waals surface area (Å²) in [4.78, 5) is 37.4. The summed E-state index contributed by atoms with van der Waals surface area (Å²) < 4.78 is 14.4. The van der Waals surface area contributed by atoms with Crippen molar-refractivity contribution in [3.8, 4) is 11.6 Å². The number of hydrogen-bond acceptors (Lipinski definition) is 8. The molecule has 0 saturated carbocycles. The zero-order valence-electron chi connectivity index (χ0n) is 16.9. The number of primary amides is 1. The van der Waals surface area contributed by atoms with Crippen LogP contribution in [0.3, 0.4) is 0 Å². The van der Waals surface area contributed by atoms with Crippen LogP contribution in [0, 0.1) is 11.7 Å². The van der Waals surface area contributed by atoms with Crippen molar-refractivity contribution in [2.24, 2.45) is 11.7 Å². The van der Waals surface area contributed by atoms with Crippen LogP contribution in [0.2, 0.25) is 0 Å². The summed E-state index contributed by atoms with van der Waals surface area (Å²) in [6.45, 7) is 3.59. The predicted molar refractivity (Wildman–Crippen MR) is 112 cm³/mol. The Balaban J connectivity index is 1.40. The molecule has 0 spiro atoms. The van der Waals surface area contributed by atoms with Gasteiger partial charge in [0.1, 0.15) is 17.5 Å². The third-order valence-corrected chi connectivity index (χ3v) is 5.84. The molecular weight excluding hydrogens is 399 g/mol. The zero-order chi connectivity index (χ0) is 21.5. The number of pyridine rings is 1. The SMILES string of the molecule is CC1c2cnc(-c3ncccn3)nc2CCN1c1cc(F)cc(N2CC(C(N)=O)C2)n1. The maximum absolute atomic E-state index is 14.4. The Labute approximate surface area is 178 Å². The summed E-state index contributed by atoms with van der Waals surface area (Å²) >= 11 is 0. The van der Waals surface area contributed by atoms with Gasteiger partial charge in [-0.25, -0.2) is 29.3 Å². The summed E-state index contributed by atoms with van der Waals surface area (Å²) in [5, 5.41) is 0. The topological polar surface area (TPSA) is 114 Å². The van der Waals surface area contributed by atoms with Crippen LogP contribution in [0.5, 0.6) is 0 Å². The minimum Gasteiger partial charge on any atom is -0.369 e. The van der Waals surface area contributed by atoms with Crippen molar-refractivity contribution in [2.75, 3.05) is 29.4 Å². The Morgan fingerprint density at radius 2 is 1.84 bits per heavy atom. The first kappa shape index (κ1) is 19.3. The number of hydrogen-bond donors (Lipinski definition) is 1. The number of rotatable bonds is 4. The molecule has 5 heterocycles. The molecule has 0 aliphatic carbocycles. The van der Waals surface area contributed by atoms with Crippen LogP contribution in [0.1, 0.15) is 24.2 Å². The minimum absolute atomic E-state index is 0.0774. The van der Waals surface area contributed by atoms with Gasteiger partial charge in [-0.05, 0) is 13.0 Å². The lowest BCUT2D eigenvalue weighted by Gasteiger charge is -2.39. The molecule has 2 aliphatic rings. The Kier molecular flexibility index (Phi) is 4.68. The number of amides is 1. The molecule has 0 radical (unpaired) electrons. The number of anilines is 2. The van der Waals surface area contributed by atoms with Gasteiger partial charge < -0.3 is 15.5 Å². The fourth-order valence-electron chi connectivity index (χ4n) is 4.02. The summed E-state index contributed by atoms with van der Waals surface area (Å²) in [5.74, 6) is 1.12. The Bertz CT molecular complexity index is 1140. The lowest BCUT2D eigenvalue weighted by molar-refractivity contribution is -0.122. The van der Waals surface area contributed by atoms with E-state index >= 15 is 0 Å². The number of nitrogens with zero attached hydrogens (tertiary/aromatic N) is 7. The second-order valence-corrected chi connectivity index (χ2v) is 7.79. The average Bonchev–Trinajstić information content (AvgIpc) is 2.72. The lowest BCUT2D eigenvalue weighted by atomic mass is 9.99. The van der Waals surface area contributed by atoms with E-state index in [9.17, 15) is 9.18 Å². The second kappa shape index (κ2) is 7.53. The molecule has 31 heavy (non-hydrogen) atoms.